The Bertz CT molecular complexity index is 883. The number of carbonyl (C=O) groups excluding carboxylic acids is 2. The van der Waals surface area contributed by atoms with Gasteiger partial charge in [0.2, 0.25) is 5.91 Å². The van der Waals surface area contributed by atoms with Crippen LogP contribution in [0.2, 0.25) is 0 Å². The number of hydrogen-bond acceptors (Lipinski definition) is 3. The fourth-order valence-corrected chi connectivity index (χ4v) is 3.79. The standard InChI is InChI=1S/C23H26N2O2/c1-15(2)23(16(3)26)20-12-9-18(14-21(20)24-4)17-7-10-19(11-8-17)25-13-5-6-22(25)27/h7-12,14-15H,5-6,13H2,1-4H3/b23-20+,24-21?. The quantitative estimate of drug-likeness (QED) is 0.747. The first kappa shape index (κ1) is 19.0. The summed E-state index contributed by atoms with van der Waals surface area (Å²) in [6.07, 6.45) is 7.61. The lowest BCUT2D eigenvalue weighted by Crippen LogP contribution is -2.23. The predicted molar refractivity (Wildman–Crippen MR) is 111 cm³/mol. The average Bonchev–Trinajstić information content (AvgIpc) is 3.07. The molecule has 0 N–H and O–H groups in total. The molecule has 27 heavy (non-hydrogen) atoms. The highest BCUT2D eigenvalue weighted by Gasteiger charge is 2.22. The topological polar surface area (TPSA) is 49.7 Å². The molecule has 140 valence electrons. The van der Waals surface area contributed by atoms with Gasteiger partial charge in [0.25, 0.3) is 0 Å². The van der Waals surface area contributed by atoms with E-state index in [-0.39, 0.29) is 17.6 Å². The fourth-order valence-electron chi connectivity index (χ4n) is 3.79. The molecule has 4 nitrogen and oxygen atoms in total. The van der Waals surface area contributed by atoms with Crippen LogP contribution in [0.15, 0.2) is 58.6 Å². The first-order valence-corrected chi connectivity index (χ1v) is 9.45. The summed E-state index contributed by atoms with van der Waals surface area (Å²) < 4.78 is 0. The maximum atomic E-state index is 12.1. The van der Waals surface area contributed by atoms with Crippen LogP contribution in [-0.4, -0.2) is 31.0 Å². The van der Waals surface area contributed by atoms with Crippen LogP contribution >= 0.6 is 0 Å². The molecule has 4 heteroatoms. The molecular formula is C23H26N2O2. The van der Waals surface area contributed by atoms with Crippen LogP contribution in [0, 0.1) is 5.92 Å². The SMILES string of the molecule is CN=C1C=C(c2ccc(N3CCCC3=O)cc2)C=C/C1=C(\C(C)=O)C(C)C. The van der Waals surface area contributed by atoms with Crippen molar-refractivity contribution in [2.24, 2.45) is 10.9 Å². The van der Waals surface area contributed by atoms with Crippen molar-refractivity contribution in [3.63, 3.8) is 0 Å². The van der Waals surface area contributed by atoms with Crippen LogP contribution in [0.4, 0.5) is 5.69 Å². The van der Waals surface area contributed by atoms with Gasteiger partial charge < -0.3 is 4.90 Å². The van der Waals surface area contributed by atoms with Crippen LogP contribution in [0.5, 0.6) is 0 Å². The number of Topliss-reactive ketones (excluding diaryl/α,β-unsaturated/α-hetero) is 1. The van der Waals surface area contributed by atoms with E-state index in [1.807, 2.05) is 61.2 Å². The van der Waals surface area contributed by atoms with Crippen molar-refractivity contribution in [3.05, 3.63) is 59.2 Å². The van der Waals surface area contributed by atoms with E-state index in [0.29, 0.717) is 6.42 Å². The summed E-state index contributed by atoms with van der Waals surface area (Å²) in [6, 6.07) is 8.06. The Morgan fingerprint density at radius 3 is 2.37 bits per heavy atom. The first-order chi connectivity index (χ1) is 12.9. The maximum Gasteiger partial charge on any atom is 0.227 e. The Hall–Kier alpha value is -2.75. The number of aliphatic imine (C=N–C) groups is 1. The molecule has 1 amide bonds. The molecule has 2 aliphatic rings. The second-order valence-corrected chi connectivity index (χ2v) is 7.28. The van der Waals surface area contributed by atoms with Gasteiger partial charge >= 0.3 is 0 Å². The summed E-state index contributed by atoms with van der Waals surface area (Å²) in [6.45, 7) is 6.47. The lowest BCUT2D eigenvalue weighted by atomic mass is 9.87. The number of carbonyl (C=O) groups is 2. The highest BCUT2D eigenvalue weighted by molar-refractivity contribution is 6.20. The van der Waals surface area contributed by atoms with Gasteiger partial charge in [-0.2, -0.15) is 0 Å². The zero-order valence-corrected chi connectivity index (χ0v) is 16.5. The van der Waals surface area contributed by atoms with E-state index in [4.69, 9.17) is 0 Å². The van der Waals surface area contributed by atoms with Crippen molar-refractivity contribution < 1.29 is 9.59 Å². The van der Waals surface area contributed by atoms with Gasteiger partial charge in [0.1, 0.15) is 0 Å². The van der Waals surface area contributed by atoms with Crippen molar-refractivity contribution in [1.29, 1.82) is 0 Å². The molecule has 0 radical (unpaired) electrons. The molecule has 3 rings (SSSR count). The highest BCUT2D eigenvalue weighted by atomic mass is 16.2. The molecule has 0 saturated carbocycles. The van der Waals surface area contributed by atoms with Crippen LogP contribution in [0.3, 0.4) is 0 Å². The Morgan fingerprint density at radius 1 is 1.15 bits per heavy atom. The zero-order valence-electron chi connectivity index (χ0n) is 16.5. The van der Waals surface area contributed by atoms with E-state index in [0.717, 1.165) is 46.6 Å². The molecule has 0 aromatic heterocycles. The van der Waals surface area contributed by atoms with Crippen LogP contribution in [0.1, 0.15) is 39.2 Å². The number of anilines is 1. The van der Waals surface area contributed by atoms with Crippen molar-refractivity contribution in [2.75, 3.05) is 18.5 Å². The number of hydrogen-bond donors (Lipinski definition) is 0. The molecule has 1 heterocycles. The molecule has 0 unspecified atom stereocenters. The Morgan fingerprint density at radius 2 is 1.85 bits per heavy atom. The van der Waals surface area contributed by atoms with Crippen molar-refractivity contribution in [3.8, 4) is 0 Å². The number of amides is 1. The Balaban J connectivity index is 1.91. The first-order valence-electron chi connectivity index (χ1n) is 9.45. The largest absolute Gasteiger partial charge is 0.312 e. The molecule has 0 bridgehead atoms. The molecule has 1 fully saturated rings. The van der Waals surface area contributed by atoms with E-state index in [1.54, 1.807) is 14.0 Å². The Kier molecular flexibility index (Phi) is 5.54. The second kappa shape index (κ2) is 7.87. The monoisotopic (exact) mass is 362 g/mol. The summed E-state index contributed by atoms with van der Waals surface area (Å²) in [5, 5.41) is 0. The number of benzene rings is 1. The summed E-state index contributed by atoms with van der Waals surface area (Å²) >= 11 is 0. The van der Waals surface area contributed by atoms with Crippen molar-refractivity contribution >= 4 is 28.7 Å². The average molecular weight is 362 g/mol. The predicted octanol–water partition coefficient (Wildman–Crippen LogP) is 4.38. The van der Waals surface area contributed by atoms with Gasteiger partial charge in [-0.3, -0.25) is 14.6 Å². The molecule has 1 aliphatic carbocycles. The minimum atomic E-state index is 0.0854. The van der Waals surface area contributed by atoms with Gasteiger partial charge in [0.05, 0.1) is 5.71 Å². The molecule has 1 saturated heterocycles. The van der Waals surface area contributed by atoms with Gasteiger partial charge in [-0.1, -0.05) is 38.1 Å². The summed E-state index contributed by atoms with van der Waals surface area (Å²) in [7, 11) is 1.75. The Labute approximate surface area is 161 Å². The van der Waals surface area contributed by atoms with Gasteiger partial charge in [-0.05, 0) is 48.6 Å². The third-order valence-corrected chi connectivity index (χ3v) is 5.07. The third kappa shape index (κ3) is 3.85. The normalized spacial score (nSPS) is 20.5. The summed E-state index contributed by atoms with van der Waals surface area (Å²) in [5.41, 5.74) is 5.60. The van der Waals surface area contributed by atoms with Crippen molar-refractivity contribution in [2.45, 2.75) is 33.6 Å². The van der Waals surface area contributed by atoms with E-state index in [9.17, 15) is 9.59 Å². The zero-order chi connectivity index (χ0) is 19.6. The van der Waals surface area contributed by atoms with E-state index < -0.39 is 0 Å². The fraction of sp³-hybridized carbons (Fsp3) is 0.348. The van der Waals surface area contributed by atoms with Crippen LogP contribution < -0.4 is 4.90 Å². The lowest BCUT2D eigenvalue weighted by Gasteiger charge is -2.19. The minimum Gasteiger partial charge on any atom is -0.312 e. The van der Waals surface area contributed by atoms with E-state index >= 15 is 0 Å². The van der Waals surface area contributed by atoms with Gasteiger partial charge in [-0.15, -0.1) is 0 Å². The van der Waals surface area contributed by atoms with Gasteiger partial charge in [0, 0.05) is 36.8 Å². The molecular weight excluding hydrogens is 336 g/mol. The third-order valence-electron chi connectivity index (χ3n) is 5.07. The molecule has 0 atom stereocenters. The van der Waals surface area contributed by atoms with Crippen molar-refractivity contribution in [1.82, 2.24) is 0 Å². The highest BCUT2D eigenvalue weighted by Crippen LogP contribution is 2.29. The van der Waals surface area contributed by atoms with Gasteiger partial charge in [-0.25, -0.2) is 0 Å². The molecule has 0 spiro atoms. The molecule has 1 aromatic rings. The second-order valence-electron chi connectivity index (χ2n) is 7.28. The minimum absolute atomic E-state index is 0.0854. The maximum absolute atomic E-state index is 12.1. The van der Waals surface area contributed by atoms with Crippen LogP contribution in [0.25, 0.3) is 5.57 Å². The number of ketones is 1. The summed E-state index contributed by atoms with van der Waals surface area (Å²) in [5.74, 6) is 0.425. The smallest absolute Gasteiger partial charge is 0.227 e. The summed E-state index contributed by atoms with van der Waals surface area (Å²) in [4.78, 5) is 30.2. The number of rotatable bonds is 4. The lowest BCUT2D eigenvalue weighted by molar-refractivity contribution is -0.117. The van der Waals surface area contributed by atoms with Crippen LogP contribution in [-0.2, 0) is 9.59 Å². The molecule has 1 aliphatic heterocycles. The number of nitrogens with zero attached hydrogens (tertiary/aromatic N) is 2. The van der Waals surface area contributed by atoms with Gasteiger partial charge in [0.15, 0.2) is 5.78 Å². The molecule has 1 aromatic carbocycles. The van der Waals surface area contributed by atoms with E-state index in [2.05, 4.69) is 4.99 Å². The van der Waals surface area contributed by atoms with E-state index in [1.165, 1.54) is 0 Å². The number of allylic oxidation sites excluding steroid dienone is 6.